The van der Waals surface area contributed by atoms with E-state index in [-0.39, 0.29) is 13.6 Å². The second-order valence-electron chi connectivity index (χ2n) is 4.29. The van der Waals surface area contributed by atoms with E-state index < -0.39 is 39.7 Å². The standard InChI is InChI=1S/C12H7Cl2F4NO2S2/c13-9-4-8(11(14)22-9)23(20,21)19-5-6-2-1-3-7(10(6)15)12(16,17)18/h1-4,19H,5H2. The molecule has 0 saturated carbocycles. The highest BCUT2D eigenvalue weighted by molar-refractivity contribution is 7.89. The summed E-state index contributed by atoms with van der Waals surface area (Å²) < 4.78 is 77.8. The number of benzene rings is 1. The van der Waals surface area contributed by atoms with Crippen molar-refractivity contribution in [3.63, 3.8) is 0 Å². The number of rotatable bonds is 4. The highest BCUT2D eigenvalue weighted by Gasteiger charge is 2.34. The molecule has 1 heterocycles. The molecule has 1 N–H and O–H groups in total. The van der Waals surface area contributed by atoms with Crippen LogP contribution in [-0.4, -0.2) is 8.42 Å². The van der Waals surface area contributed by atoms with Gasteiger partial charge in [-0.2, -0.15) is 13.2 Å². The zero-order valence-corrected chi connectivity index (χ0v) is 14.1. The topological polar surface area (TPSA) is 46.2 Å². The van der Waals surface area contributed by atoms with Gasteiger partial charge in [-0.25, -0.2) is 17.5 Å². The van der Waals surface area contributed by atoms with Crippen LogP contribution in [0.15, 0.2) is 29.2 Å². The van der Waals surface area contributed by atoms with Gasteiger partial charge in [0.25, 0.3) is 0 Å². The third-order valence-electron chi connectivity index (χ3n) is 2.75. The number of halogens is 6. The molecular weight excluding hydrogens is 401 g/mol. The van der Waals surface area contributed by atoms with Gasteiger partial charge in [0.15, 0.2) is 0 Å². The van der Waals surface area contributed by atoms with E-state index in [1.54, 1.807) is 0 Å². The third-order valence-corrected chi connectivity index (χ3v) is 5.91. The normalized spacial score (nSPS) is 12.6. The van der Waals surface area contributed by atoms with Gasteiger partial charge in [-0.3, -0.25) is 0 Å². The predicted octanol–water partition coefficient (Wildman–Crippen LogP) is 4.69. The number of hydrogen-bond acceptors (Lipinski definition) is 3. The van der Waals surface area contributed by atoms with E-state index in [0.29, 0.717) is 6.07 Å². The molecule has 0 saturated heterocycles. The van der Waals surface area contributed by atoms with E-state index in [2.05, 4.69) is 0 Å². The second-order valence-corrected chi connectivity index (χ2v) is 8.31. The van der Waals surface area contributed by atoms with Crippen LogP contribution in [0.5, 0.6) is 0 Å². The largest absolute Gasteiger partial charge is 0.419 e. The van der Waals surface area contributed by atoms with Crippen molar-refractivity contribution >= 4 is 44.6 Å². The molecule has 2 rings (SSSR count). The second kappa shape index (κ2) is 6.56. The van der Waals surface area contributed by atoms with Crippen LogP contribution < -0.4 is 4.72 Å². The Hall–Kier alpha value is -0.870. The quantitative estimate of drug-likeness (QED) is 0.747. The maximum Gasteiger partial charge on any atom is 0.419 e. The third kappa shape index (κ3) is 4.16. The van der Waals surface area contributed by atoms with Crippen LogP contribution >= 0.6 is 34.5 Å². The van der Waals surface area contributed by atoms with Crippen molar-refractivity contribution in [3.05, 3.63) is 49.9 Å². The first-order chi connectivity index (χ1) is 10.5. The van der Waals surface area contributed by atoms with E-state index in [1.807, 2.05) is 4.72 Å². The molecule has 0 amide bonds. The van der Waals surface area contributed by atoms with Crippen LogP contribution in [0.3, 0.4) is 0 Å². The zero-order chi connectivity index (χ0) is 17.4. The summed E-state index contributed by atoms with van der Waals surface area (Å²) in [7, 11) is -4.14. The molecule has 126 valence electrons. The highest BCUT2D eigenvalue weighted by Crippen LogP contribution is 2.35. The van der Waals surface area contributed by atoms with Crippen molar-refractivity contribution in [1.29, 1.82) is 0 Å². The summed E-state index contributed by atoms with van der Waals surface area (Å²) in [5.41, 5.74) is -1.91. The maximum absolute atomic E-state index is 13.8. The number of nitrogens with one attached hydrogen (secondary N) is 1. The highest BCUT2D eigenvalue weighted by atomic mass is 35.5. The van der Waals surface area contributed by atoms with Gasteiger partial charge in [-0.15, -0.1) is 11.3 Å². The van der Waals surface area contributed by atoms with Crippen LogP contribution in [-0.2, 0) is 22.7 Å². The first-order valence-electron chi connectivity index (χ1n) is 5.81. The summed E-state index contributed by atoms with van der Waals surface area (Å²) in [6, 6.07) is 3.71. The van der Waals surface area contributed by atoms with Crippen LogP contribution in [0.1, 0.15) is 11.1 Å². The molecule has 23 heavy (non-hydrogen) atoms. The number of hydrogen-bond donors (Lipinski definition) is 1. The molecule has 1 aromatic heterocycles. The monoisotopic (exact) mass is 407 g/mol. The molecule has 2 aromatic rings. The van der Waals surface area contributed by atoms with E-state index in [0.717, 1.165) is 29.5 Å². The molecule has 0 radical (unpaired) electrons. The molecule has 0 aliphatic heterocycles. The van der Waals surface area contributed by atoms with Crippen LogP contribution in [0.25, 0.3) is 0 Å². The summed E-state index contributed by atoms with van der Waals surface area (Å²) in [4.78, 5) is -0.318. The summed E-state index contributed by atoms with van der Waals surface area (Å²) in [6.45, 7) is -0.665. The fraction of sp³-hybridized carbons (Fsp3) is 0.167. The van der Waals surface area contributed by atoms with Gasteiger partial charge < -0.3 is 0 Å². The van der Waals surface area contributed by atoms with Gasteiger partial charge >= 0.3 is 6.18 Å². The fourth-order valence-corrected chi connectivity index (χ4v) is 4.85. The number of alkyl halides is 3. The lowest BCUT2D eigenvalue weighted by molar-refractivity contribution is -0.140. The summed E-state index contributed by atoms with van der Waals surface area (Å²) >= 11 is 12.2. The Morgan fingerprint density at radius 3 is 2.39 bits per heavy atom. The molecule has 0 atom stereocenters. The first-order valence-corrected chi connectivity index (χ1v) is 8.87. The molecule has 0 spiro atoms. The Morgan fingerprint density at radius 2 is 1.87 bits per heavy atom. The molecule has 0 bridgehead atoms. The molecule has 0 aliphatic rings. The van der Waals surface area contributed by atoms with E-state index in [4.69, 9.17) is 23.2 Å². The van der Waals surface area contributed by atoms with Crippen molar-refractivity contribution < 1.29 is 26.0 Å². The summed E-state index contributed by atoms with van der Waals surface area (Å²) in [6.07, 6.45) is -4.87. The molecule has 3 nitrogen and oxygen atoms in total. The first kappa shape index (κ1) is 18.5. The van der Waals surface area contributed by atoms with E-state index in [9.17, 15) is 26.0 Å². The van der Waals surface area contributed by atoms with Gasteiger partial charge in [0.1, 0.15) is 15.0 Å². The minimum Gasteiger partial charge on any atom is -0.207 e. The number of thiophene rings is 1. The molecule has 0 aliphatic carbocycles. The minimum atomic E-state index is -4.87. The van der Waals surface area contributed by atoms with E-state index >= 15 is 0 Å². The molecule has 11 heteroatoms. The average molecular weight is 408 g/mol. The van der Waals surface area contributed by atoms with Crippen molar-refractivity contribution in [2.45, 2.75) is 17.6 Å². The smallest absolute Gasteiger partial charge is 0.207 e. The van der Waals surface area contributed by atoms with Crippen molar-refractivity contribution in [1.82, 2.24) is 4.72 Å². The average Bonchev–Trinajstić information content (AvgIpc) is 2.76. The number of sulfonamides is 1. The summed E-state index contributed by atoms with van der Waals surface area (Å²) in [5.74, 6) is -1.53. The molecular formula is C12H7Cl2F4NO2S2. The Morgan fingerprint density at radius 1 is 1.22 bits per heavy atom. The Bertz CT molecular complexity index is 834. The molecule has 1 aromatic carbocycles. The Labute approximate surface area is 142 Å². The Kier molecular flexibility index (Phi) is 5.27. The van der Waals surface area contributed by atoms with Gasteiger partial charge in [-0.05, 0) is 12.1 Å². The zero-order valence-electron chi connectivity index (χ0n) is 10.9. The van der Waals surface area contributed by atoms with Gasteiger partial charge in [0.2, 0.25) is 10.0 Å². The minimum absolute atomic E-state index is 0.105. The lowest BCUT2D eigenvalue weighted by atomic mass is 10.1. The van der Waals surface area contributed by atoms with Crippen LogP contribution in [0.2, 0.25) is 8.67 Å². The maximum atomic E-state index is 13.8. The fourth-order valence-electron chi connectivity index (χ4n) is 1.69. The van der Waals surface area contributed by atoms with Gasteiger partial charge in [0, 0.05) is 12.1 Å². The van der Waals surface area contributed by atoms with Gasteiger partial charge in [0.05, 0.1) is 9.90 Å². The summed E-state index contributed by atoms with van der Waals surface area (Å²) in [5, 5.41) is 0. The van der Waals surface area contributed by atoms with Crippen LogP contribution in [0, 0.1) is 5.82 Å². The predicted molar refractivity (Wildman–Crippen MR) is 79.8 cm³/mol. The molecule has 0 fully saturated rings. The lowest BCUT2D eigenvalue weighted by Crippen LogP contribution is -2.24. The van der Waals surface area contributed by atoms with Crippen molar-refractivity contribution in [3.8, 4) is 0 Å². The van der Waals surface area contributed by atoms with Crippen molar-refractivity contribution in [2.75, 3.05) is 0 Å². The van der Waals surface area contributed by atoms with Crippen molar-refractivity contribution in [2.24, 2.45) is 0 Å². The Balaban J connectivity index is 2.26. The lowest BCUT2D eigenvalue weighted by Gasteiger charge is -2.12. The van der Waals surface area contributed by atoms with E-state index in [1.165, 1.54) is 0 Å². The SMILES string of the molecule is O=S(=O)(NCc1cccc(C(F)(F)F)c1F)c1cc(Cl)sc1Cl. The van der Waals surface area contributed by atoms with Gasteiger partial charge in [-0.1, -0.05) is 35.3 Å². The molecule has 0 unspecified atom stereocenters. The van der Waals surface area contributed by atoms with Crippen LogP contribution in [0.4, 0.5) is 17.6 Å².